The Bertz CT molecular complexity index is 512. The normalized spacial score (nSPS) is 11.3. The number of nitrogens with zero attached hydrogens (tertiary/aromatic N) is 1. The van der Waals surface area contributed by atoms with Crippen LogP contribution in [0.25, 0.3) is 0 Å². The van der Waals surface area contributed by atoms with Crippen LogP contribution in [0.15, 0.2) is 3.50 Å². The van der Waals surface area contributed by atoms with Gasteiger partial charge in [0.15, 0.2) is 0 Å². The molecule has 0 amide bonds. The molecule has 0 bridgehead atoms. The molecule has 0 atom stereocenters. The molecule has 1 aromatic rings. The van der Waals surface area contributed by atoms with Crippen molar-refractivity contribution < 1.29 is 39.9 Å². The van der Waals surface area contributed by atoms with Gasteiger partial charge in [0.25, 0.3) is 0 Å². The molecule has 1 rings (SSSR count). The molecule has 0 saturated carbocycles. The van der Waals surface area contributed by atoms with Gasteiger partial charge in [0.2, 0.25) is 0 Å². The second-order valence-electron chi connectivity index (χ2n) is 4.60. The van der Waals surface area contributed by atoms with Crippen molar-refractivity contribution in [1.82, 2.24) is 0 Å². The summed E-state index contributed by atoms with van der Waals surface area (Å²) < 4.78 is 70.1. The van der Waals surface area contributed by atoms with Crippen molar-refractivity contribution in [3.63, 3.8) is 0 Å². The summed E-state index contributed by atoms with van der Waals surface area (Å²) in [5.41, 5.74) is -1.29. The number of benzene rings is 1. The molecule has 1 aromatic carbocycles. The van der Waals surface area contributed by atoms with E-state index in [2.05, 4.69) is 3.50 Å². The van der Waals surface area contributed by atoms with Crippen molar-refractivity contribution in [2.24, 2.45) is 8.91 Å². The zero-order valence-corrected chi connectivity index (χ0v) is 11.8. The Kier molecular flexibility index (Phi) is 4.65. The van der Waals surface area contributed by atoms with Gasteiger partial charge in [0.05, 0.1) is 0 Å². The summed E-state index contributed by atoms with van der Waals surface area (Å²) in [6.07, 6.45) is 0. The van der Waals surface area contributed by atoms with Crippen LogP contribution in [0, 0.1) is 34.5 Å². The maximum atomic E-state index is 13.2. The summed E-state index contributed by atoms with van der Waals surface area (Å²) >= 11 is -1.33. The standard InChI is InChI=1S/C6F5N.C5H10.Mo/c7-1-2(8)4(10)6(12)5(11)3(1)9;1-5(2,3)4;/h;1H,2-4H3;. The van der Waals surface area contributed by atoms with Crippen molar-refractivity contribution in [2.45, 2.75) is 20.8 Å². The first kappa shape index (κ1) is 15.3. The van der Waals surface area contributed by atoms with Gasteiger partial charge in [-0.3, -0.25) is 0 Å². The molecule has 0 fully saturated rings. The molecule has 0 aliphatic rings. The summed E-state index contributed by atoms with van der Waals surface area (Å²) in [6.45, 7) is 5.56. The molecule has 0 aliphatic carbocycles. The number of rotatable bonds is 1. The van der Waals surface area contributed by atoms with Crippen molar-refractivity contribution in [1.29, 1.82) is 0 Å². The van der Waals surface area contributed by atoms with Crippen LogP contribution < -0.4 is 0 Å². The minimum atomic E-state index is -2.16. The van der Waals surface area contributed by atoms with Gasteiger partial charge in [-0.25, -0.2) is 0 Å². The van der Waals surface area contributed by atoms with E-state index in [9.17, 15) is 22.0 Å². The van der Waals surface area contributed by atoms with Gasteiger partial charge in [-0.2, -0.15) is 0 Å². The van der Waals surface area contributed by atoms with Crippen molar-refractivity contribution in [3.05, 3.63) is 29.1 Å². The molecule has 7 heteroatoms. The molecule has 18 heavy (non-hydrogen) atoms. The predicted octanol–water partition coefficient (Wildman–Crippen LogP) is 4.13. The Morgan fingerprint density at radius 3 is 1.61 bits per heavy atom. The molecule has 0 aromatic heterocycles. The van der Waals surface area contributed by atoms with E-state index >= 15 is 0 Å². The van der Waals surface area contributed by atoms with Crippen LogP contribution in [0.4, 0.5) is 27.6 Å². The molecule has 0 saturated heterocycles. The molecule has 0 radical (unpaired) electrons. The Labute approximate surface area is 109 Å². The molecule has 0 heterocycles. The zero-order chi connectivity index (χ0) is 14.1. The van der Waals surface area contributed by atoms with Gasteiger partial charge in [0.1, 0.15) is 0 Å². The van der Waals surface area contributed by atoms with E-state index < -0.39 is 52.7 Å². The van der Waals surface area contributed by atoms with Crippen molar-refractivity contribution in [2.75, 3.05) is 0 Å². The zero-order valence-electron chi connectivity index (χ0n) is 9.82. The van der Waals surface area contributed by atoms with E-state index in [4.69, 9.17) is 0 Å². The quantitative estimate of drug-likeness (QED) is 0.314. The fraction of sp³-hybridized carbons (Fsp3) is 0.364. The molecule has 0 spiro atoms. The first-order valence-corrected chi connectivity index (χ1v) is 6.93. The second-order valence-corrected chi connectivity index (χ2v) is 6.15. The summed E-state index contributed by atoms with van der Waals surface area (Å²) in [7, 11) is 0. The van der Waals surface area contributed by atoms with Crippen LogP contribution in [-0.4, -0.2) is 4.40 Å². The Morgan fingerprint density at radius 2 is 1.22 bits per heavy atom. The summed E-state index contributed by atoms with van der Waals surface area (Å²) in [5.74, 6) is -9.84. The summed E-state index contributed by atoms with van der Waals surface area (Å²) in [4.78, 5) is 0. The Hall–Kier alpha value is -0.772. The van der Waals surface area contributed by atoms with Gasteiger partial charge in [-0.1, -0.05) is 0 Å². The second kappa shape index (κ2) is 5.47. The van der Waals surface area contributed by atoms with Crippen molar-refractivity contribution in [3.8, 4) is 0 Å². The van der Waals surface area contributed by atoms with Crippen LogP contribution in [0.1, 0.15) is 20.8 Å². The number of hydrogen-bond donors (Lipinski definition) is 0. The fourth-order valence-electron chi connectivity index (χ4n) is 0.911. The topological polar surface area (TPSA) is 12.4 Å². The summed E-state index contributed by atoms with van der Waals surface area (Å²) in [5, 5.41) is 0. The van der Waals surface area contributed by atoms with E-state index in [0.717, 1.165) is 0 Å². The fourth-order valence-corrected chi connectivity index (χ4v) is 2.47. The van der Waals surface area contributed by atoms with Crippen LogP contribution in [0.3, 0.4) is 0 Å². The third kappa shape index (κ3) is 3.37. The minimum absolute atomic E-state index is 0.212. The Morgan fingerprint density at radius 1 is 0.833 bits per heavy atom. The van der Waals surface area contributed by atoms with Crippen molar-refractivity contribution >= 4 is 10.1 Å². The number of halogens is 5. The van der Waals surface area contributed by atoms with Gasteiger partial charge in [-0.05, 0) is 0 Å². The average molecular weight is 347 g/mol. The third-order valence-corrected chi connectivity index (χ3v) is 4.44. The van der Waals surface area contributed by atoms with E-state index in [1.54, 1.807) is 4.40 Å². The van der Waals surface area contributed by atoms with Gasteiger partial charge in [0, 0.05) is 0 Å². The Balaban J connectivity index is 3.40. The first-order chi connectivity index (χ1) is 8.15. The van der Waals surface area contributed by atoms with E-state index in [1.807, 2.05) is 20.8 Å². The first-order valence-electron chi connectivity index (χ1n) is 4.88. The van der Waals surface area contributed by atoms with Gasteiger partial charge < -0.3 is 0 Å². The maximum absolute atomic E-state index is 13.2. The van der Waals surface area contributed by atoms with Crippen LogP contribution in [0.2, 0.25) is 0 Å². The van der Waals surface area contributed by atoms with Gasteiger partial charge >= 0.3 is 109 Å². The molecular formula is C11H10F5MoN. The van der Waals surface area contributed by atoms with Crippen LogP contribution >= 0.6 is 0 Å². The summed E-state index contributed by atoms with van der Waals surface area (Å²) in [6, 6.07) is 0. The molecular weight excluding hydrogens is 337 g/mol. The average Bonchev–Trinajstić information content (AvgIpc) is 2.27. The SMILES string of the molecule is CC(C)(C)[CH]=[Mo]=[N]c1c(F)c(F)c(F)c(F)c1F. The van der Waals surface area contributed by atoms with Gasteiger partial charge in [-0.15, -0.1) is 0 Å². The van der Waals surface area contributed by atoms with Crippen LogP contribution in [-0.2, 0) is 17.9 Å². The van der Waals surface area contributed by atoms with Crippen LogP contribution in [0.5, 0.6) is 0 Å². The molecule has 1 nitrogen and oxygen atoms in total. The monoisotopic (exact) mass is 349 g/mol. The predicted molar refractivity (Wildman–Crippen MR) is 53.8 cm³/mol. The van der Waals surface area contributed by atoms with E-state index in [1.165, 1.54) is 0 Å². The number of hydrogen-bond acceptors (Lipinski definition) is 1. The molecule has 0 unspecified atom stereocenters. The molecule has 0 aliphatic heterocycles. The molecule has 100 valence electrons. The third-order valence-electron chi connectivity index (χ3n) is 1.74. The van der Waals surface area contributed by atoms with E-state index in [0.29, 0.717) is 0 Å². The van der Waals surface area contributed by atoms with E-state index in [-0.39, 0.29) is 5.41 Å². The molecule has 0 N–H and O–H groups in total.